The summed E-state index contributed by atoms with van der Waals surface area (Å²) in [6, 6.07) is 14.1. The molecule has 0 saturated heterocycles. The third kappa shape index (κ3) is 4.52. The van der Waals surface area contributed by atoms with Crippen molar-refractivity contribution in [2.75, 3.05) is 23.0 Å². The van der Waals surface area contributed by atoms with E-state index in [4.69, 9.17) is 10.8 Å². The summed E-state index contributed by atoms with van der Waals surface area (Å²) in [5.41, 5.74) is 8.25. The lowest BCUT2D eigenvalue weighted by Gasteiger charge is -2.10. The van der Waals surface area contributed by atoms with E-state index < -0.39 is 5.82 Å². The Morgan fingerprint density at radius 3 is 2.65 bits per heavy atom. The predicted octanol–water partition coefficient (Wildman–Crippen LogP) is 3.38. The number of benzene rings is 2. The Morgan fingerprint density at radius 1 is 1.12 bits per heavy atom. The fraction of sp³-hybridized carbons (Fsp3) is 0.0556. The second-order valence-electron chi connectivity index (χ2n) is 5.31. The normalized spacial score (nSPS) is 10.8. The summed E-state index contributed by atoms with van der Waals surface area (Å²) in [7, 11) is 0. The average molecular weight is 352 g/mol. The largest absolute Gasteiger partial charge is 0.399 e. The van der Waals surface area contributed by atoms with Crippen molar-refractivity contribution >= 4 is 40.7 Å². The van der Waals surface area contributed by atoms with E-state index in [0.29, 0.717) is 22.7 Å². The number of aliphatic hydroxyl groups is 1. The van der Waals surface area contributed by atoms with Crippen molar-refractivity contribution in [3.63, 3.8) is 0 Å². The molecule has 0 aliphatic rings. The Morgan fingerprint density at radius 2 is 1.88 bits per heavy atom. The van der Waals surface area contributed by atoms with Crippen molar-refractivity contribution in [3.05, 3.63) is 60.5 Å². The Kier molecular flexibility index (Phi) is 5.35. The highest BCUT2D eigenvalue weighted by Gasteiger charge is 2.08. The third-order valence-corrected chi connectivity index (χ3v) is 3.32. The van der Waals surface area contributed by atoms with Crippen molar-refractivity contribution < 1.29 is 9.50 Å². The topological polar surface area (TPSA) is 108 Å². The molecule has 132 valence electrons. The highest BCUT2D eigenvalue weighted by atomic mass is 19.1. The maximum absolute atomic E-state index is 14.1. The van der Waals surface area contributed by atoms with Crippen LogP contribution in [0.5, 0.6) is 0 Å². The lowest BCUT2D eigenvalue weighted by molar-refractivity contribution is 0.361. The van der Waals surface area contributed by atoms with Crippen LogP contribution in [-0.2, 0) is 0 Å². The van der Waals surface area contributed by atoms with Gasteiger partial charge in [0, 0.05) is 23.3 Å². The number of hydrogen-bond acceptors (Lipinski definition) is 7. The molecule has 5 N–H and O–H groups in total. The van der Waals surface area contributed by atoms with Crippen molar-refractivity contribution in [2.24, 2.45) is 4.99 Å². The maximum atomic E-state index is 14.1. The van der Waals surface area contributed by atoms with E-state index in [1.54, 1.807) is 48.5 Å². The van der Waals surface area contributed by atoms with Gasteiger partial charge in [-0.05, 0) is 36.4 Å². The lowest BCUT2D eigenvalue weighted by atomic mass is 10.3. The number of nitrogens with one attached hydrogen (secondary N) is 2. The first-order valence-corrected chi connectivity index (χ1v) is 7.79. The van der Waals surface area contributed by atoms with Crippen molar-refractivity contribution in [1.82, 2.24) is 9.97 Å². The Hall–Kier alpha value is -3.52. The van der Waals surface area contributed by atoms with Gasteiger partial charge in [0.1, 0.15) is 0 Å². The summed E-state index contributed by atoms with van der Waals surface area (Å²) < 4.78 is 14.1. The molecule has 0 spiro atoms. The summed E-state index contributed by atoms with van der Waals surface area (Å²) in [6.07, 6.45) is 2.45. The van der Waals surface area contributed by atoms with Gasteiger partial charge in [-0.2, -0.15) is 4.98 Å². The SMILES string of the molecule is Nc1cccc(Nc2ncc(F)c(Nc3cccc(N=CCO)c3)n2)c1. The molecule has 7 nitrogen and oxygen atoms in total. The summed E-state index contributed by atoms with van der Waals surface area (Å²) in [5, 5.41) is 14.7. The van der Waals surface area contributed by atoms with Gasteiger partial charge < -0.3 is 21.5 Å². The van der Waals surface area contributed by atoms with E-state index >= 15 is 0 Å². The number of halogens is 1. The number of nitrogens with zero attached hydrogens (tertiary/aromatic N) is 3. The number of hydrogen-bond donors (Lipinski definition) is 4. The van der Waals surface area contributed by atoms with E-state index in [2.05, 4.69) is 25.6 Å². The summed E-state index contributed by atoms with van der Waals surface area (Å²) in [5.74, 6) is -0.337. The fourth-order valence-electron chi connectivity index (χ4n) is 2.21. The molecule has 0 aliphatic carbocycles. The highest BCUT2D eigenvalue weighted by Crippen LogP contribution is 2.23. The molecule has 0 amide bonds. The minimum atomic E-state index is -0.590. The summed E-state index contributed by atoms with van der Waals surface area (Å²) in [6.45, 7) is -0.156. The molecular formula is C18H17FN6O. The third-order valence-electron chi connectivity index (χ3n) is 3.32. The zero-order valence-corrected chi connectivity index (χ0v) is 13.7. The molecule has 1 aromatic heterocycles. The second-order valence-corrected chi connectivity index (χ2v) is 5.31. The molecular weight excluding hydrogens is 335 g/mol. The molecule has 2 aromatic carbocycles. The lowest BCUT2D eigenvalue weighted by Crippen LogP contribution is -2.03. The average Bonchev–Trinajstić information content (AvgIpc) is 2.63. The van der Waals surface area contributed by atoms with Crippen LogP contribution in [0, 0.1) is 5.82 Å². The van der Waals surface area contributed by atoms with Gasteiger partial charge in [-0.1, -0.05) is 12.1 Å². The van der Waals surface area contributed by atoms with Gasteiger partial charge in [0.05, 0.1) is 18.5 Å². The van der Waals surface area contributed by atoms with Gasteiger partial charge in [-0.25, -0.2) is 9.37 Å². The Labute approximate surface area is 149 Å². The van der Waals surface area contributed by atoms with Crippen LogP contribution >= 0.6 is 0 Å². The smallest absolute Gasteiger partial charge is 0.229 e. The molecule has 0 bridgehead atoms. The molecule has 0 unspecified atom stereocenters. The van der Waals surface area contributed by atoms with E-state index in [9.17, 15) is 4.39 Å². The number of nitrogens with two attached hydrogens (primary N) is 1. The maximum Gasteiger partial charge on any atom is 0.229 e. The number of anilines is 5. The van der Waals surface area contributed by atoms with Crippen LogP contribution in [0.1, 0.15) is 0 Å². The Bertz CT molecular complexity index is 931. The molecule has 0 radical (unpaired) electrons. The number of aliphatic imine (C=N–C) groups is 1. The van der Waals surface area contributed by atoms with Crippen molar-refractivity contribution in [1.29, 1.82) is 0 Å². The first-order chi connectivity index (χ1) is 12.6. The van der Waals surface area contributed by atoms with Crippen LogP contribution in [0.25, 0.3) is 0 Å². The van der Waals surface area contributed by atoms with E-state index in [1.165, 1.54) is 6.21 Å². The fourth-order valence-corrected chi connectivity index (χ4v) is 2.21. The molecule has 0 atom stereocenters. The number of nitrogen functional groups attached to an aromatic ring is 1. The van der Waals surface area contributed by atoms with Crippen LogP contribution in [0.3, 0.4) is 0 Å². The Balaban J connectivity index is 1.81. The summed E-state index contributed by atoms with van der Waals surface area (Å²) in [4.78, 5) is 12.2. The van der Waals surface area contributed by atoms with Crippen molar-refractivity contribution in [3.8, 4) is 0 Å². The molecule has 8 heteroatoms. The number of rotatable bonds is 6. The quantitative estimate of drug-likeness (QED) is 0.400. The molecule has 26 heavy (non-hydrogen) atoms. The van der Waals surface area contributed by atoms with Gasteiger partial charge in [0.25, 0.3) is 0 Å². The van der Waals surface area contributed by atoms with Gasteiger partial charge in [-0.3, -0.25) is 4.99 Å². The molecule has 1 heterocycles. The standard InChI is InChI=1S/C18H17FN6O/c19-16-11-22-18(24-14-5-1-3-12(20)9-14)25-17(16)23-15-6-2-4-13(10-15)21-7-8-26/h1-7,9-11,26H,8,20H2,(H2,22,23,24,25). The molecule has 0 aliphatic heterocycles. The first kappa shape index (κ1) is 17.3. The number of aliphatic hydroxyl groups excluding tert-OH is 1. The monoisotopic (exact) mass is 352 g/mol. The zero-order valence-electron chi connectivity index (χ0n) is 13.7. The van der Waals surface area contributed by atoms with Gasteiger partial charge in [0.15, 0.2) is 11.6 Å². The van der Waals surface area contributed by atoms with Crippen LogP contribution in [-0.4, -0.2) is 27.9 Å². The van der Waals surface area contributed by atoms with Crippen LogP contribution in [0.4, 0.5) is 38.9 Å². The van der Waals surface area contributed by atoms with E-state index in [0.717, 1.165) is 6.20 Å². The molecule has 0 fully saturated rings. The summed E-state index contributed by atoms with van der Waals surface area (Å²) >= 11 is 0. The second kappa shape index (κ2) is 8.04. The molecule has 0 saturated carbocycles. The minimum absolute atomic E-state index is 0.0229. The van der Waals surface area contributed by atoms with Crippen LogP contribution < -0.4 is 16.4 Å². The highest BCUT2D eigenvalue weighted by molar-refractivity contribution is 5.68. The van der Waals surface area contributed by atoms with E-state index in [-0.39, 0.29) is 18.4 Å². The van der Waals surface area contributed by atoms with Crippen LogP contribution in [0.2, 0.25) is 0 Å². The molecule has 3 aromatic rings. The van der Waals surface area contributed by atoms with E-state index in [1.807, 2.05) is 0 Å². The first-order valence-electron chi connectivity index (χ1n) is 7.79. The van der Waals surface area contributed by atoms with Gasteiger partial charge >= 0.3 is 0 Å². The van der Waals surface area contributed by atoms with Gasteiger partial charge in [0.2, 0.25) is 5.95 Å². The zero-order chi connectivity index (χ0) is 18.4. The van der Waals surface area contributed by atoms with Gasteiger partial charge in [-0.15, -0.1) is 0 Å². The van der Waals surface area contributed by atoms with Crippen molar-refractivity contribution in [2.45, 2.75) is 0 Å². The van der Waals surface area contributed by atoms with Crippen LogP contribution in [0.15, 0.2) is 59.7 Å². The predicted molar refractivity (Wildman–Crippen MR) is 101 cm³/mol. The minimum Gasteiger partial charge on any atom is -0.399 e. The number of aromatic nitrogens is 2. The molecule has 3 rings (SSSR count).